The maximum atomic E-state index is 12.8. The van der Waals surface area contributed by atoms with Gasteiger partial charge in [0, 0.05) is 30.9 Å². The van der Waals surface area contributed by atoms with Crippen LogP contribution in [0.4, 0.5) is 5.69 Å². The molecule has 0 radical (unpaired) electrons. The Morgan fingerprint density at radius 3 is 2.63 bits per heavy atom. The Labute approximate surface area is 167 Å². The van der Waals surface area contributed by atoms with E-state index in [1.54, 1.807) is 37.0 Å². The van der Waals surface area contributed by atoms with Gasteiger partial charge in [-0.05, 0) is 31.5 Å². The third-order valence-electron chi connectivity index (χ3n) is 4.49. The highest BCUT2D eigenvalue weighted by Crippen LogP contribution is 2.31. The van der Waals surface area contributed by atoms with E-state index in [4.69, 9.17) is 23.2 Å². The summed E-state index contributed by atoms with van der Waals surface area (Å²) < 4.78 is 30.3. The first-order chi connectivity index (χ1) is 12.6. The number of aryl methyl sites for hydroxylation is 2. The molecule has 1 aromatic heterocycles. The Morgan fingerprint density at radius 1 is 1.33 bits per heavy atom. The number of carbonyl (C=O) groups is 1. The molecule has 2 aromatic rings. The van der Waals surface area contributed by atoms with Gasteiger partial charge in [0.05, 0.1) is 22.4 Å². The van der Waals surface area contributed by atoms with Crippen LogP contribution in [0.25, 0.3) is 0 Å². The third-order valence-corrected chi connectivity index (χ3v) is 6.63. The first-order valence-electron chi connectivity index (χ1n) is 8.10. The van der Waals surface area contributed by atoms with Crippen LogP contribution in [0, 0.1) is 6.92 Å². The summed E-state index contributed by atoms with van der Waals surface area (Å²) in [4.78, 5) is 12.8. The van der Waals surface area contributed by atoms with Gasteiger partial charge in [0.15, 0.2) is 0 Å². The number of halogens is 2. The van der Waals surface area contributed by atoms with Gasteiger partial charge in [-0.2, -0.15) is 22.5 Å². The van der Waals surface area contributed by atoms with Gasteiger partial charge >= 0.3 is 0 Å². The molecule has 3 rings (SSSR count). The summed E-state index contributed by atoms with van der Waals surface area (Å²) >= 11 is 12.0. The van der Waals surface area contributed by atoms with E-state index in [1.165, 1.54) is 13.1 Å². The second kappa shape index (κ2) is 7.40. The molecule has 2 atom stereocenters. The summed E-state index contributed by atoms with van der Waals surface area (Å²) in [6, 6.07) is 3.20. The minimum absolute atomic E-state index is 0.249. The largest absolute Gasteiger partial charge is 0.323 e. The van der Waals surface area contributed by atoms with Gasteiger partial charge in [-0.25, -0.2) is 0 Å². The normalized spacial score (nSPS) is 22.6. The highest BCUT2D eigenvalue weighted by molar-refractivity contribution is 7.87. The maximum absolute atomic E-state index is 12.8. The van der Waals surface area contributed by atoms with Crippen molar-refractivity contribution in [1.29, 1.82) is 0 Å². The molecule has 1 amide bonds. The van der Waals surface area contributed by atoms with Gasteiger partial charge in [0.1, 0.15) is 6.04 Å². The number of benzene rings is 1. The molecule has 11 heteroatoms. The van der Waals surface area contributed by atoms with Crippen LogP contribution >= 0.6 is 23.2 Å². The van der Waals surface area contributed by atoms with Crippen molar-refractivity contribution in [3.05, 3.63) is 45.7 Å². The number of amides is 1. The molecule has 1 fully saturated rings. The average Bonchev–Trinajstić information content (AvgIpc) is 2.91. The summed E-state index contributed by atoms with van der Waals surface area (Å²) in [6.07, 6.45) is 2.00. The molecule has 0 spiro atoms. The van der Waals surface area contributed by atoms with Gasteiger partial charge < -0.3 is 5.32 Å². The summed E-state index contributed by atoms with van der Waals surface area (Å²) in [5.74, 6) is -0.474. The van der Waals surface area contributed by atoms with Gasteiger partial charge in [0.2, 0.25) is 5.91 Å². The Kier molecular flexibility index (Phi) is 5.51. The molecular formula is C16H19Cl2N5O3S. The minimum atomic E-state index is -3.84. The second-order valence-electron chi connectivity index (χ2n) is 6.40. The van der Waals surface area contributed by atoms with Crippen molar-refractivity contribution in [2.75, 3.05) is 12.4 Å². The van der Waals surface area contributed by atoms with Gasteiger partial charge in [-0.3, -0.25) is 9.48 Å². The Balaban J connectivity index is 1.88. The van der Waals surface area contributed by atoms with E-state index in [9.17, 15) is 13.2 Å². The molecule has 2 heterocycles. The van der Waals surface area contributed by atoms with E-state index < -0.39 is 28.2 Å². The van der Waals surface area contributed by atoms with Crippen molar-refractivity contribution in [1.82, 2.24) is 18.8 Å². The number of likely N-dealkylation sites (N-methyl/N-ethyl adjacent to an activating group) is 1. The molecule has 0 bridgehead atoms. The van der Waals surface area contributed by atoms with Crippen molar-refractivity contribution >= 4 is 45.0 Å². The first-order valence-corrected chi connectivity index (χ1v) is 10.3. The fourth-order valence-electron chi connectivity index (χ4n) is 3.08. The zero-order chi connectivity index (χ0) is 19.9. The average molecular weight is 432 g/mol. The van der Waals surface area contributed by atoms with Crippen molar-refractivity contribution in [2.24, 2.45) is 7.05 Å². The van der Waals surface area contributed by atoms with Crippen LogP contribution < -0.4 is 10.0 Å². The number of anilines is 1. The molecule has 8 nitrogen and oxygen atoms in total. The van der Waals surface area contributed by atoms with E-state index in [2.05, 4.69) is 15.1 Å². The van der Waals surface area contributed by atoms with E-state index in [1.807, 2.05) is 0 Å². The van der Waals surface area contributed by atoms with Crippen LogP contribution in [0.5, 0.6) is 0 Å². The Morgan fingerprint density at radius 2 is 2.04 bits per heavy atom. The summed E-state index contributed by atoms with van der Waals surface area (Å²) in [7, 11) is -0.718. The van der Waals surface area contributed by atoms with Crippen LogP contribution in [0.15, 0.2) is 24.4 Å². The fraction of sp³-hybridized carbons (Fsp3) is 0.375. The minimum Gasteiger partial charge on any atom is -0.323 e. The predicted octanol–water partition coefficient (Wildman–Crippen LogP) is 2.25. The molecule has 1 aliphatic heterocycles. The monoisotopic (exact) mass is 431 g/mol. The molecule has 2 N–H and O–H groups in total. The van der Waals surface area contributed by atoms with Crippen molar-refractivity contribution < 1.29 is 13.2 Å². The fourth-order valence-corrected chi connectivity index (χ4v) is 4.80. The SMILES string of the molecule is Cc1nn(C)cc1[C@H]1C[C@H](C(=O)Nc2ccc(Cl)cc2Cl)N(C)S(=O)(=O)N1. The van der Waals surface area contributed by atoms with Gasteiger partial charge in [-0.15, -0.1) is 0 Å². The summed E-state index contributed by atoms with van der Waals surface area (Å²) in [5, 5.41) is 7.64. The summed E-state index contributed by atoms with van der Waals surface area (Å²) in [6.45, 7) is 1.80. The molecular weight excluding hydrogens is 413 g/mol. The highest BCUT2D eigenvalue weighted by atomic mass is 35.5. The molecule has 0 saturated carbocycles. The van der Waals surface area contributed by atoms with Crippen molar-refractivity contribution in [3.8, 4) is 0 Å². The van der Waals surface area contributed by atoms with Crippen LogP contribution in [0.1, 0.15) is 23.7 Å². The smallest absolute Gasteiger partial charge is 0.280 e. The molecule has 1 saturated heterocycles. The molecule has 0 unspecified atom stereocenters. The van der Waals surface area contributed by atoms with Crippen LogP contribution in [0.2, 0.25) is 10.0 Å². The molecule has 0 aliphatic carbocycles. The van der Waals surface area contributed by atoms with Crippen LogP contribution in [0.3, 0.4) is 0 Å². The number of aromatic nitrogens is 2. The lowest BCUT2D eigenvalue weighted by Crippen LogP contribution is -2.56. The molecule has 1 aromatic carbocycles. The quantitative estimate of drug-likeness (QED) is 0.778. The highest BCUT2D eigenvalue weighted by Gasteiger charge is 2.41. The van der Waals surface area contributed by atoms with E-state index in [0.29, 0.717) is 16.4 Å². The standard InChI is InChI=1S/C16H19Cl2N5O3S/c1-9-11(8-22(2)20-9)14-7-15(23(3)27(25,26)21-14)16(24)19-13-5-4-10(17)6-12(13)18/h4-6,8,14-15,21H,7H2,1-3H3,(H,19,24)/t14-,15-/m1/s1. The number of carbonyl (C=O) groups excluding carboxylic acids is 1. The van der Waals surface area contributed by atoms with Crippen LogP contribution in [-0.4, -0.2) is 41.5 Å². The van der Waals surface area contributed by atoms with Crippen LogP contribution in [-0.2, 0) is 22.1 Å². The predicted molar refractivity (Wildman–Crippen MR) is 104 cm³/mol. The van der Waals surface area contributed by atoms with E-state index in [0.717, 1.165) is 9.87 Å². The topological polar surface area (TPSA) is 96.3 Å². The first kappa shape index (κ1) is 20.1. The molecule has 146 valence electrons. The number of hydrogen-bond acceptors (Lipinski definition) is 4. The summed E-state index contributed by atoms with van der Waals surface area (Å²) in [5.41, 5.74) is 1.80. The third kappa shape index (κ3) is 4.12. The maximum Gasteiger partial charge on any atom is 0.280 e. The van der Waals surface area contributed by atoms with Gasteiger partial charge in [-0.1, -0.05) is 23.2 Å². The zero-order valence-corrected chi connectivity index (χ0v) is 17.2. The lowest BCUT2D eigenvalue weighted by Gasteiger charge is -2.36. The second-order valence-corrected chi connectivity index (χ2v) is 9.01. The lowest BCUT2D eigenvalue weighted by atomic mass is 10.00. The lowest BCUT2D eigenvalue weighted by molar-refractivity contribution is -0.120. The van der Waals surface area contributed by atoms with E-state index in [-0.39, 0.29) is 11.4 Å². The molecule has 1 aliphatic rings. The number of rotatable bonds is 3. The molecule has 27 heavy (non-hydrogen) atoms. The Bertz CT molecular complexity index is 992. The van der Waals surface area contributed by atoms with E-state index >= 15 is 0 Å². The Hall–Kier alpha value is -1.65. The number of nitrogens with one attached hydrogen (secondary N) is 2. The zero-order valence-electron chi connectivity index (χ0n) is 14.9. The van der Waals surface area contributed by atoms with Gasteiger partial charge in [0.25, 0.3) is 10.2 Å². The van der Waals surface area contributed by atoms with Crippen molar-refractivity contribution in [3.63, 3.8) is 0 Å². The number of hydrogen-bond donors (Lipinski definition) is 2. The number of nitrogens with zero attached hydrogens (tertiary/aromatic N) is 3. The van der Waals surface area contributed by atoms with Crippen molar-refractivity contribution in [2.45, 2.75) is 25.4 Å².